The maximum atomic E-state index is 12.5. The van der Waals surface area contributed by atoms with Gasteiger partial charge in [-0.3, -0.25) is 9.48 Å². The summed E-state index contributed by atoms with van der Waals surface area (Å²) in [4.78, 5) is 25.1. The van der Waals surface area contributed by atoms with Gasteiger partial charge in [0.15, 0.2) is 5.75 Å². The molecule has 2 aromatic rings. The Morgan fingerprint density at radius 1 is 1.29 bits per heavy atom. The Bertz CT molecular complexity index is 691. The molecule has 0 aromatic carbocycles. The molecule has 1 aliphatic heterocycles. The highest BCUT2D eigenvalue weighted by Gasteiger charge is 2.27. The zero-order chi connectivity index (χ0) is 17.1. The van der Waals surface area contributed by atoms with Gasteiger partial charge in [0.1, 0.15) is 5.69 Å². The van der Waals surface area contributed by atoms with Crippen LogP contribution in [0.1, 0.15) is 23.3 Å². The number of anilines is 1. The van der Waals surface area contributed by atoms with Gasteiger partial charge in [-0.1, -0.05) is 0 Å². The fourth-order valence-corrected chi connectivity index (χ4v) is 2.91. The maximum Gasteiger partial charge on any atom is 0.274 e. The van der Waals surface area contributed by atoms with Crippen LogP contribution in [0.2, 0.25) is 0 Å². The van der Waals surface area contributed by atoms with Gasteiger partial charge in [0.05, 0.1) is 19.5 Å². The van der Waals surface area contributed by atoms with Crippen LogP contribution in [-0.4, -0.2) is 63.8 Å². The van der Waals surface area contributed by atoms with E-state index in [0.717, 1.165) is 25.9 Å². The monoisotopic (exact) mass is 330 g/mol. The van der Waals surface area contributed by atoms with E-state index in [0.29, 0.717) is 17.4 Å². The number of carbonyl (C=O) groups excluding carboxylic acids is 1. The Hall–Kier alpha value is -2.64. The molecule has 3 heterocycles. The molecule has 0 N–H and O–H groups in total. The second-order valence-corrected chi connectivity index (χ2v) is 5.93. The van der Waals surface area contributed by atoms with Gasteiger partial charge in [0.25, 0.3) is 5.91 Å². The number of hydrogen-bond donors (Lipinski definition) is 0. The zero-order valence-corrected chi connectivity index (χ0v) is 14.2. The average Bonchev–Trinajstić information content (AvgIpc) is 3.07. The van der Waals surface area contributed by atoms with Gasteiger partial charge >= 0.3 is 0 Å². The molecule has 2 aromatic heterocycles. The van der Waals surface area contributed by atoms with Gasteiger partial charge in [0.2, 0.25) is 5.95 Å². The summed E-state index contributed by atoms with van der Waals surface area (Å²) in [5.74, 6) is 1.32. The molecule has 1 aliphatic rings. The number of nitrogens with zero attached hydrogens (tertiary/aromatic N) is 6. The number of piperidine rings is 1. The summed E-state index contributed by atoms with van der Waals surface area (Å²) in [5.41, 5.74) is 0.487. The van der Waals surface area contributed by atoms with E-state index >= 15 is 0 Å². The number of carbonyl (C=O) groups is 1. The SMILES string of the molecule is COc1cnc(N2CCC(N(C)C(=O)c3ccn(C)n3)CC2)nc1. The van der Waals surface area contributed by atoms with Crippen LogP contribution in [0.4, 0.5) is 5.95 Å². The molecule has 0 saturated carbocycles. The van der Waals surface area contributed by atoms with Crippen molar-refractivity contribution in [3.8, 4) is 5.75 Å². The molecule has 128 valence electrons. The lowest BCUT2D eigenvalue weighted by Crippen LogP contribution is -2.46. The highest BCUT2D eigenvalue weighted by Crippen LogP contribution is 2.21. The molecule has 24 heavy (non-hydrogen) atoms. The molecule has 0 aliphatic carbocycles. The molecule has 1 saturated heterocycles. The van der Waals surface area contributed by atoms with Crippen LogP contribution >= 0.6 is 0 Å². The Balaban J connectivity index is 1.58. The number of rotatable bonds is 4. The zero-order valence-electron chi connectivity index (χ0n) is 14.2. The normalized spacial score (nSPS) is 15.4. The third-order valence-corrected chi connectivity index (χ3v) is 4.40. The second-order valence-electron chi connectivity index (χ2n) is 5.93. The van der Waals surface area contributed by atoms with Crippen molar-refractivity contribution in [1.29, 1.82) is 0 Å². The molecular weight excluding hydrogens is 308 g/mol. The fraction of sp³-hybridized carbons (Fsp3) is 0.500. The van der Waals surface area contributed by atoms with Crippen LogP contribution < -0.4 is 9.64 Å². The summed E-state index contributed by atoms with van der Waals surface area (Å²) in [7, 11) is 5.25. The van der Waals surface area contributed by atoms with E-state index in [2.05, 4.69) is 20.0 Å². The molecule has 0 radical (unpaired) electrons. The van der Waals surface area contributed by atoms with E-state index in [1.807, 2.05) is 14.1 Å². The fourth-order valence-electron chi connectivity index (χ4n) is 2.91. The summed E-state index contributed by atoms with van der Waals surface area (Å²) in [6.45, 7) is 1.63. The van der Waals surface area contributed by atoms with E-state index in [1.165, 1.54) is 0 Å². The number of aryl methyl sites for hydroxylation is 1. The first-order chi connectivity index (χ1) is 11.6. The minimum absolute atomic E-state index is 0.0326. The van der Waals surface area contributed by atoms with Crippen molar-refractivity contribution in [2.45, 2.75) is 18.9 Å². The van der Waals surface area contributed by atoms with Crippen molar-refractivity contribution in [2.24, 2.45) is 7.05 Å². The standard InChI is InChI=1S/C16H22N6O2/c1-20-7-6-14(19-20)15(23)21(2)12-4-8-22(9-5-12)16-17-10-13(24-3)11-18-16/h6-7,10-12H,4-5,8-9H2,1-3H3. The predicted molar refractivity (Wildman–Crippen MR) is 89.1 cm³/mol. The van der Waals surface area contributed by atoms with E-state index in [9.17, 15) is 4.79 Å². The lowest BCUT2D eigenvalue weighted by atomic mass is 10.0. The van der Waals surface area contributed by atoms with Crippen molar-refractivity contribution in [2.75, 3.05) is 32.1 Å². The third kappa shape index (κ3) is 3.32. The molecule has 3 rings (SSSR count). The highest BCUT2D eigenvalue weighted by atomic mass is 16.5. The van der Waals surface area contributed by atoms with Crippen molar-refractivity contribution in [1.82, 2.24) is 24.6 Å². The average molecular weight is 330 g/mol. The van der Waals surface area contributed by atoms with Crippen molar-refractivity contribution in [3.63, 3.8) is 0 Å². The van der Waals surface area contributed by atoms with Gasteiger partial charge in [-0.2, -0.15) is 5.10 Å². The van der Waals surface area contributed by atoms with Crippen molar-refractivity contribution in [3.05, 3.63) is 30.4 Å². The van der Waals surface area contributed by atoms with Gasteiger partial charge in [0, 0.05) is 39.4 Å². The number of aromatic nitrogens is 4. The van der Waals surface area contributed by atoms with E-state index in [1.54, 1.807) is 41.3 Å². The van der Waals surface area contributed by atoms with Crippen LogP contribution in [0.25, 0.3) is 0 Å². The van der Waals surface area contributed by atoms with Crippen LogP contribution in [0.5, 0.6) is 5.75 Å². The first kappa shape index (κ1) is 16.2. The van der Waals surface area contributed by atoms with E-state index in [4.69, 9.17) is 4.74 Å². The number of hydrogen-bond acceptors (Lipinski definition) is 6. The Labute approximate surface area is 141 Å². The minimum Gasteiger partial charge on any atom is -0.494 e. The summed E-state index contributed by atoms with van der Waals surface area (Å²) in [6.07, 6.45) is 6.88. The molecule has 8 heteroatoms. The third-order valence-electron chi connectivity index (χ3n) is 4.40. The summed E-state index contributed by atoms with van der Waals surface area (Å²) < 4.78 is 6.72. The van der Waals surface area contributed by atoms with Gasteiger partial charge < -0.3 is 14.5 Å². The molecule has 0 unspecified atom stereocenters. The number of ether oxygens (including phenoxy) is 1. The van der Waals surface area contributed by atoms with Gasteiger partial charge in [-0.15, -0.1) is 0 Å². The number of methoxy groups -OCH3 is 1. The van der Waals surface area contributed by atoms with Crippen LogP contribution in [-0.2, 0) is 7.05 Å². The molecule has 0 spiro atoms. The smallest absolute Gasteiger partial charge is 0.274 e. The highest BCUT2D eigenvalue weighted by molar-refractivity contribution is 5.92. The molecule has 8 nitrogen and oxygen atoms in total. The second kappa shape index (κ2) is 6.86. The Morgan fingerprint density at radius 2 is 1.96 bits per heavy atom. The Morgan fingerprint density at radius 3 is 2.50 bits per heavy atom. The van der Waals surface area contributed by atoms with Crippen LogP contribution in [0.3, 0.4) is 0 Å². The quantitative estimate of drug-likeness (QED) is 0.831. The van der Waals surface area contributed by atoms with Gasteiger partial charge in [-0.05, 0) is 18.9 Å². The molecule has 1 amide bonds. The van der Waals surface area contributed by atoms with Gasteiger partial charge in [-0.25, -0.2) is 9.97 Å². The largest absolute Gasteiger partial charge is 0.494 e. The summed E-state index contributed by atoms with van der Waals surface area (Å²) >= 11 is 0. The first-order valence-corrected chi connectivity index (χ1v) is 7.96. The van der Waals surface area contributed by atoms with E-state index < -0.39 is 0 Å². The maximum absolute atomic E-state index is 12.5. The lowest BCUT2D eigenvalue weighted by Gasteiger charge is -2.36. The number of amides is 1. The lowest BCUT2D eigenvalue weighted by molar-refractivity contribution is 0.0702. The minimum atomic E-state index is -0.0326. The summed E-state index contributed by atoms with van der Waals surface area (Å²) in [5, 5.41) is 4.19. The predicted octanol–water partition coefficient (Wildman–Crippen LogP) is 0.960. The van der Waals surface area contributed by atoms with Crippen LogP contribution in [0.15, 0.2) is 24.7 Å². The molecule has 0 atom stereocenters. The molecule has 1 fully saturated rings. The van der Waals surface area contributed by atoms with Crippen molar-refractivity contribution < 1.29 is 9.53 Å². The van der Waals surface area contributed by atoms with E-state index in [-0.39, 0.29) is 11.9 Å². The molecular formula is C16H22N6O2. The Kier molecular flexibility index (Phi) is 4.64. The molecule has 0 bridgehead atoms. The summed E-state index contributed by atoms with van der Waals surface area (Å²) in [6, 6.07) is 1.95. The topological polar surface area (TPSA) is 76.4 Å². The van der Waals surface area contributed by atoms with Crippen LogP contribution in [0, 0.1) is 0 Å². The van der Waals surface area contributed by atoms with Crippen molar-refractivity contribution >= 4 is 11.9 Å². The first-order valence-electron chi connectivity index (χ1n) is 7.96.